The first kappa shape index (κ1) is 12.5. The number of methoxy groups -OCH3 is 1. The number of rotatable bonds is 2. The second-order valence-electron chi connectivity index (χ2n) is 2.75. The van der Waals surface area contributed by atoms with E-state index in [2.05, 4.69) is 49.3 Å². The Morgan fingerprint density at radius 3 is 2.87 bits per heavy atom. The van der Waals surface area contributed by atoms with Gasteiger partial charge in [-0.3, -0.25) is 4.79 Å². The predicted octanol–water partition coefficient (Wildman–Crippen LogP) is 2.64. The summed E-state index contributed by atoms with van der Waals surface area (Å²) in [5.41, 5.74) is 1.36. The maximum absolute atomic E-state index is 11.2. The summed E-state index contributed by atoms with van der Waals surface area (Å²) < 4.78 is 6.19. The second kappa shape index (κ2) is 5.47. The first-order valence-corrected chi connectivity index (χ1v) is 5.91. The Morgan fingerprint density at radius 2 is 2.33 bits per heavy atom. The van der Waals surface area contributed by atoms with E-state index in [4.69, 9.17) is 5.26 Å². The van der Waals surface area contributed by atoms with E-state index in [9.17, 15) is 4.79 Å². The molecule has 0 aliphatic heterocycles. The summed E-state index contributed by atoms with van der Waals surface area (Å²) in [6, 6.07) is 5.55. The molecular weight excluding hydrogens is 373 g/mol. The summed E-state index contributed by atoms with van der Waals surface area (Å²) in [6.07, 6.45) is 0.172. The van der Waals surface area contributed by atoms with Crippen molar-refractivity contribution in [2.45, 2.75) is 6.42 Å². The lowest BCUT2D eigenvalue weighted by Crippen LogP contribution is -2.07. The number of nitriles is 1. The fraction of sp³-hybridized carbons (Fsp3) is 0.200. The quantitative estimate of drug-likeness (QED) is 0.586. The van der Waals surface area contributed by atoms with E-state index in [1.807, 2.05) is 0 Å². The standard InChI is InChI=1S/C10H7BrINO2/c1-15-9(14)4-7-8(11)3-2-6(5-13)10(7)12/h2-3H,4H2,1H3. The predicted molar refractivity (Wildman–Crippen MR) is 67.3 cm³/mol. The van der Waals surface area contributed by atoms with Gasteiger partial charge >= 0.3 is 5.97 Å². The maximum Gasteiger partial charge on any atom is 0.310 e. The summed E-state index contributed by atoms with van der Waals surface area (Å²) in [7, 11) is 1.34. The Hall–Kier alpha value is -0.610. The van der Waals surface area contributed by atoms with Gasteiger partial charge in [0.25, 0.3) is 0 Å². The lowest BCUT2D eigenvalue weighted by Gasteiger charge is -2.07. The fourth-order valence-electron chi connectivity index (χ4n) is 1.06. The number of benzene rings is 1. The molecular formula is C10H7BrINO2. The van der Waals surface area contributed by atoms with Crippen molar-refractivity contribution in [1.82, 2.24) is 0 Å². The van der Waals surface area contributed by atoms with Gasteiger partial charge in [0.15, 0.2) is 0 Å². The highest BCUT2D eigenvalue weighted by Crippen LogP contribution is 2.26. The third-order valence-corrected chi connectivity index (χ3v) is 3.83. The fourth-order valence-corrected chi connectivity index (χ4v) is 2.69. The summed E-state index contributed by atoms with van der Waals surface area (Å²) in [6.45, 7) is 0. The number of carbonyl (C=O) groups excluding carboxylic acids is 1. The molecule has 0 aliphatic carbocycles. The van der Waals surface area contributed by atoms with Crippen LogP contribution in [-0.2, 0) is 16.0 Å². The zero-order valence-corrected chi connectivity index (χ0v) is 11.6. The summed E-state index contributed by atoms with van der Waals surface area (Å²) >= 11 is 5.40. The van der Waals surface area contributed by atoms with Crippen LogP contribution in [0.15, 0.2) is 16.6 Å². The number of esters is 1. The topological polar surface area (TPSA) is 50.1 Å². The van der Waals surface area contributed by atoms with Crippen LogP contribution in [-0.4, -0.2) is 13.1 Å². The molecule has 0 atom stereocenters. The molecule has 15 heavy (non-hydrogen) atoms. The minimum Gasteiger partial charge on any atom is -0.469 e. The minimum absolute atomic E-state index is 0.172. The van der Waals surface area contributed by atoms with Crippen molar-refractivity contribution in [2.75, 3.05) is 7.11 Å². The van der Waals surface area contributed by atoms with Crippen molar-refractivity contribution in [3.63, 3.8) is 0 Å². The van der Waals surface area contributed by atoms with Crippen molar-refractivity contribution < 1.29 is 9.53 Å². The molecule has 1 aromatic rings. The van der Waals surface area contributed by atoms with E-state index in [1.165, 1.54) is 7.11 Å². The Balaban J connectivity index is 3.16. The molecule has 0 saturated carbocycles. The first-order chi connectivity index (χ1) is 7.10. The van der Waals surface area contributed by atoms with Gasteiger partial charge in [-0.05, 0) is 40.3 Å². The molecule has 0 heterocycles. The number of nitrogens with zero attached hydrogens (tertiary/aromatic N) is 1. The van der Waals surface area contributed by atoms with Crippen LogP contribution in [0.3, 0.4) is 0 Å². The van der Waals surface area contributed by atoms with E-state index in [-0.39, 0.29) is 12.4 Å². The van der Waals surface area contributed by atoms with Gasteiger partial charge in [0.2, 0.25) is 0 Å². The zero-order valence-electron chi connectivity index (χ0n) is 7.88. The molecule has 0 amide bonds. The molecule has 0 radical (unpaired) electrons. The number of carbonyl (C=O) groups is 1. The third kappa shape index (κ3) is 2.92. The molecule has 0 saturated heterocycles. The van der Waals surface area contributed by atoms with Crippen molar-refractivity contribution in [3.8, 4) is 6.07 Å². The molecule has 0 aromatic heterocycles. The highest BCUT2D eigenvalue weighted by atomic mass is 127. The van der Waals surface area contributed by atoms with Gasteiger partial charge in [0.05, 0.1) is 19.1 Å². The summed E-state index contributed by atoms with van der Waals surface area (Å²) in [4.78, 5) is 11.2. The van der Waals surface area contributed by atoms with Crippen LogP contribution in [0.1, 0.15) is 11.1 Å². The third-order valence-electron chi connectivity index (χ3n) is 1.86. The average molecular weight is 380 g/mol. The molecule has 3 nitrogen and oxygen atoms in total. The minimum atomic E-state index is -0.316. The normalized spacial score (nSPS) is 9.47. The Kier molecular flexibility index (Phi) is 4.54. The number of hydrogen-bond acceptors (Lipinski definition) is 3. The maximum atomic E-state index is 11.2. The monoisotopic (exact) mass is 379 g/mol. The number of halogens is 2. The van der Waals surface area contributed by atoms with Gasteiger partial charge in [0, 0.05) is 8.04 Å². The highest BCUT2D eigenvalue weighted by Gasteiger charge is 2.13. The average Bonchev–Trinajstić information content (AvgIpc) is 2.24. The summed E-state index contributed by atoms with van der Waals surface area (Å²) in [5.74, 6) is -0.316. The second-order valence-corrected chi connectivity index (χ2v) is 4.69. The summed E-state index contributed by atoms with van der Waals surface area (Å²) in [5, 5.41) is 8.84. The molecule has 0 aliphatic rings. The molecule has 0 fully saturated rings. The first-order valence-electron chi connectivity index (χ1n) is 4.04. The number of hydrogen-bond donors (Lipinski definition) is 0. The van der Waals surface area contributed by atoms with Gasteiger partial charge < -0.3 is 4.74 Å². The Bertz CT molecular complexity index is 440. The molecule has 1 aromatic carbocycles. The van der Waals surface area contributed by atoms with Crippen LogP contribution >= 0.6 is 38.5 Å². The molecule has 5 heteroatoms. The lowest BCUT2D eigenvalue weighted by molar-refractivity contribution is -0.139. The van der Waals surface area contributed by atoms with Crippen molar-refractivity contribution in [2.24, 2.45) is 0 Å². The van der Waals surface area contributed by atoms with Gasteiger partial charge in [-0.2, -0.15) is 5.26 Å². The van der Waals surface area contributed by atoms with Crippen molar-refractivity contribution >= 4 is 44.5 Å². The van der Waals surface area contributed by atoms with Crippen molar-refractivity contribution in [1.29, 1.82) is 5.26 Å². The van der Waals surface area contributed by atoms with Crippen LogP contribution in [0.25, 0.3) is 0 Å². The van der Waals surface area contributed by atoms with Gasteiger partial charge in [-0.1, -0.05) is 15.9 Å². The van der Waals surface area contributed by atoms with Crippen LogP contribution in [0.2, 0.25) is 0 Å². The Morgan fingerprint density at radius 1 is 1.67 bits per heavy atom. The lowest BCUT2D eigenvalue weighted by atomic mass is 10.1. The van der Waals surface area contributed by atoms with E-state index in [0.29, 0.717) is 5.56 Å². The SMILES string of the molecule is COC(=O)Cc1c(Br)ccc(C#N)c1I. The van der Waals surface area contributed by atoms with E-state index < -0.39 is 0 Å². The molecule has 0 spiro atoms. The van der Waals surface area contributed by atoms with Gasteiger partial charge in [-0.15, -0.1) is 0 Å². The van der Waals surface area contributed by atoms with Crippen molar-refractivity contribution in [3.05, 3.63) is 31.3 Å². The molecule has 1 rings (SSSR count). The van der Waals surface area contributed by atoms with Gasteiger partial charge in [0.1, 0.15) is 6.07 Å². The van der Waals surface area contributed by atoms with E-state index >= 15 is 0 Å². The van der Waals surface area contributed by atoms with E-state index in [1.54, 1.807) is 12.1 Å². The largest absolute Gasteiger partial charge is 0.469 e. The smallest absolute Gasteiger partial charge is 0.310 e. The highest BCUT2D eigenvalue weighted by molar-refractivity contribution is 14.1. The zero-order chi connectivity index (χ0) is 11.4. The molecule has 0 N–H and O–H groups in total. The van der Waals surface area contributed by atoms with Crippen LogP contribution in [0, 0.1) is 14.9 Å². The number of ether oxygens (including phenoxy) is 1. The Labute approximate surface area is 110 Å². The molecule has 78 valence electrons. The molecule has 0 bridgehead atoms. The molecule has 0 unspecified atom stereocenters. The van der Waals surface area contributed by atoms with Crippen LogP contribution in [0.5, 0.6) is 0 Å². The van der Waals surface area contributed by atoms with Crippen LogP contribution in [0.4, 0.5) is 0 Å². The van der Waals surface area contributed by atoms with Crippen LogP contribution < -0.4 is 0 Å². The van der Waals surface area contributed by atoms with Gasteiger partial charge in [-0.25, -0.2) is 0 Å². The van der Waals surface area contributed by atoms with E-state index in [0.717, 1.165) is 13.6 Å².